The minimum absolute atomic E-state index is 0.317. The van der Waals surface area contributed by atoms with Gasteiger partial charge in [0.2, 0.25) is 0 Å². The largest absolute Gasteiger partial charge is 0.664 e. The predicted octanol–water partition coefficient (Wildman–Crippen LogP) is 3.85. The number of hydrogen-bond acceptors (Lipinski definition) is 4. The number of aliphatic hydroxyl groups excluding tert-OH is 1. The zero-order chi connectivity index (χ0) is 16.8. The Morgan fingerprint density at radius 1 is 1.13 bits per heavy atom. The summed E-state index contributed by atoms with van der Waals surface area (Å²) >= 11 is 0. The van der Waals surface area contributed by atoms with Gasteiger partial charge in [-0.2, -0.15) is 0 Å². The van der Waals surface area contributed by atoms with Crippen molar-refractivity contribution < 1.29 is 18.9 Å². The van der Waals surface area contributed by atoms with Gasteiger partial charge in [0.05, 0.1) is 6.61 Å². The number of rotatable bonds is 8. The molecule has 6 heteroatoms. The Morgan fingerprint density at radius 3 is 2.57 bits per heavy atom. The van der Waals surface area contributed by atoms with Crippen molar-refractivity contribution in [3.05, 3.63) is 42.5 Å². The molecule has 5 nitrogen and oxygen atoms in total. The summed E-state index contributed by atoms with van der Waals surface area (Å²) < 4.78 is 23.0. The quantitative estimate of drug-likeness (QED) is 0.566. The van der Waals surface area contributed by atoms with Crippen molar-refractivity contribution >= 4 is 19.0 Å². The molecule has 0 saturated carbocycles. The average molecular weight is 336 g/mol. The second-order valence-corrected chi connectivity index (χ2v) is 6.82. The zero-order valence-electron chi connectivity index (χ0n) is 13.6. The van der Waals surface area contributed by atoms with Gasteiger partial charge in [-0.15, -0.1) is 0 Å². The highest BCUT2D eigenvalue weighted by Crippen LogP contribution is 2.31. The maximum absolute atomic E-state index is 12.2. The summed E-state index contributed by atoms with van der Waals surface area (Å²) in [5, 5.41) is 14.5. The summed E-state index contributed by atoms with van der Waals surface area (Å²) in [6.45, 7) is 6.13. The second kappa shape index (κ2) is 8.37. The lowest BCUT2D eigenvalue weighted by Crippen LogP contribution is -2.36. The van der Waals surface area contributed by atoms with E-state index in [1.807, 2.05) is 50.2 Å². The third-order valence-corrected chi connectivity index (χ3v) is 4.25. The Labute approximate surface area is 137 Å². The SMILES string of the molecule is CC(C)COC(O)[C@H](C)N[P+](=O)Oc1cccc2ccccc12. The van der Waals surface area contributed by atoms with E-state index >= 15 is 0 Å². The molecule has 0 saturated heterocycles. The summed E-state index contributed by atoms with van der Waals surface area (Å²) in [5.74, 6) is 0.860. The fraction of sp³-hybridized carbons (Fsp3) is 0.412. The van der Waals surface area contributed by atoms with Crippen LogP contribution in [0.25, 0.3) is 10.8 Å². The van der Waals surface area contributed by atoms with Gasteiger partial charge in [-0.05, 0) is 24.3 Å². The summed E-state index contributed by atoms with van der Waals surface area (Å²) in [6.07, 6.45) is -1.03. The molecule has 0 bridgehead atoms. The molecule has 0 spiro atoms. The van der Waals surface area contributed by atoms with Crippen LogP contribution in [0.3, 0.4) is 0 Å². The highest BCUT2D eigenvalue weighted by atomic mass is 31.1. The lowest BCUT2D eigenvalue weighted by molar-refractivity contribution is -0.120. The maximum atomic E-state index is 12.2. The van der Waals surface area contributed by atoms with Gasteiger partial charge < -0.3 is 9.84 Å². The van der Waals surface area contributed by atoms with E-state index in [1.54, 1.807) is 13.0 Å². The van der Waals surface area contributed by atoms with E-state index in [9.17, 15) is 9.67 Å². The van der Waals surface area contributed by atoms with Gasteiger partial charge >= 0.3 is 8.18 Å². The smallest absolute Gasteiger partial charge is 0.366 e. The van der Waals surface area contributed by atoms with Crippen molar-refractivity contribution in [2.24, 2.45) is 5.92 Å². The Morgan fingerprint density at radius 2 is 1.83 bits per heavy atom. The molecular formula is C17H23NO4P+. The third kappa shape index (κ3) is 5.26. The molecule has 124 valence electrons. The summed E-state index contributed by atoms with van der Waals surface area (Å²) in [6, 6.07) is 12.8. The van der Waals surface area contributed by atoms with Crippen LogP contribution < -0.4 is 9.61 Å². The first-order chi connectivity index (χ1) is 11.0. The number of aliphatic hydroxyl groups is 1. The molecule has 0 fully saturated rings. The standard InChI is InChI=1S/C17H23NO4P/c1-12(2)11-21-17(19)13(3)18-23(20)22-16-10-6-8-14-7-4-5-9-15(14)16/h4-10,12-13,17,19H,11H2,1-3H3,(H,18,20)/q+1/t13-,17?/m0/s1. The molecule has 0 aliphatic carbocycles. The molecule has 3 atom stereocenters. The zero-order valence-corrected chi connectivity index (χ0v) is 14.5. The fourth-order valence-corrected chi connectivity index (χ4v) is 2.91. The van der Waals surface area contributed by atoms with E-state index in [2.05, 4.69) is 5.09 Å². The topological polar surface area (TPSA) is 67.8 Å². The van der Waals surface area contributed by atoms with Crippen molar-refractivity contribution in [1.82, 2.24) is 5.09 Å². The van der Waals surface area contributed by atoms with Crippen LogP contribution in [0.5, 0.6) is 5.75 Å². The van der Waals surface area contributed by atoms with Crippen LogP contribution in [-0.2, 0) is 9.30 Å². The lowest BCUT2D eigenvalue weighted by atomic mass is 10.1. The van der Waals surface area contributed by atoms with Gasteiger partial charge in [-0.25, -0.2) is 4.52 Å². The molecule has 0 radical (unpaired) electrons. The monoisotopic (exact) mass is 336 g/mol. The van der Waals surface area contributed by atoms with Crippen LogP contribution in [0.1, 0.15) is 20.8 Å². The minimum atomic E-state index is -2.17. The van der Waals surface area contributed by atoms with Gasteiger partial charge in [0.1, 0.15) is 6.04 Å². The Hall–Kier alpha value is -1.52. The third-order valence-electron chi connectivity index (χ3n) is 3.27. The minimum Gasteiger partial charge on any atom is -0.366 e. The van der Waals surface area contributed by atoms with Crippen LogP contribution in [0, 0.1) is 5.92 Å². The van der Waals surface area contributed by atoms with Gasteiger partial charge in [-0.1, -0.05) is 55.3 Å². The van der Waals surface area contributed by atoms with Crippen molar-refractivity contribution in [2.75, 3.05) is 6.61 Å². The average Bonchev–Trinajstić information content (AvgIpc) is 2.52. The molecule has 2 N–H and O–H groups in total. The Bertz CT molecular complexity index is 657. The van der Waals surface area contributed by atoms with E-state index in [1.165, 1.54) is 0 Å². The lowest BCUT2D eigenvalue weighted by Gasteiger charge is -2.17. The van der Waals surface area contributed by atoms with E-state index in [4.69, 9.17) is 9.26 Å². The van der Waals surface area contributed by atoms with Crippen LogP contribution in [0.4, 0.5) is 0 Å². The first kappa shape index (κ1) is 17.8. The highest BCUT2D eigenvalue weighted by Gasteiger charge is 2.28. The molecule has 0 heterocycles. The summed E-state index contributed by atoms with van der Waals surface area (Å²) in [4.78, 5) is 0. The van der Waals surface area contributed by atoms with E-state index < -0.39 is 20.5 Å². The molecule has 2 aromatic carbocycles. The summed E-state index contributed by atoms with van der Waals surface area (Å²) in [7, 11) is -2.17. The molecule has 0 aromatic heterocycles. The number of hydrogen-bond donors (Lipinski definition) is 2. The van der Waals surface area contributed by atoms with Gasteiger partial charge in [0.15, 0.2) is 12.0 Å². The molecule has 2 unspecified atom stereocenters. The van der Waals surface area contributed by atoms with Gasteiger partial charge in [-0.3, -0.25) is 0 Å². The van der Waals surface area contributed by atoms with Crippen molar-refractivity contribution in [2.45, 2.75) is 33.1 Å². The Kier molecular flexibility index (Phi) is 6.48. The second-order valence-electron chi connectivity index (χ2n) is 5.86. The Balaban J connectivity index is 1.96. The van der Waals surface area contributed by atoms with Crippen LogP contribution >= 0.6 is 8.18 Å². The molecule has 2 aromatic rings. The first-order valence-corrected chi connectivity index (χ1v) is 8.84. The summed E-state index contributed by atoms with van der Waals surface area (Å²) in [5.41, 5.74) is 0. The first-order valence-electron chi connectivity index (χ1n) is 7.66. The van der Waals surface area contributed by atoms with Crippen LogP contribution in [0.2, 0.25) is 0 Å². The van der Waals surface area contributed by atoms with Crippen LogP contribution in [0.15, 0.2) is 42.5 Å². The fourth-order valence-electron chi connectivity index (χ4n) is 2.06. The van der Waals surface area contributed by atoms with E-state index in [0.717, 1.165) is 10.8 Å². The highest BCUT2D eigenvalue weighted by molar-refractivity contribution is 7.37. The van der Waals surface area contributed by atoms with Gasteiger partial charge in [0, 0.05) is 9.95 Å². The molecule has 0 aliphatic rings. The van der Waals surface area contributed by atoms with Crippen LogP contribution in [-0.4, -0.2) is 24.0 Å². The number of ether oxygens (including phenoxy) is 1. The maximum Gasteiger partial charge on any atom is 0.664 e. The van der Waals surface area contributed by atoms with Crippen molar-refractivity contribution in [3.8, 4) is 5.75 Å². The number of benzene rings is 2. The van der Waals surface area contributed by atoms with Crippen molar-refractivity contribution in [1.29, 1.82) is 0 Å². The predicted molar refractivity (Wildman–Crippen MR) is 91.6 cm³/mol. The molecule has 0 aliphatic heterocycles. The van der Waals surface area contributed by atoms with Gasteiger partial charge in [0.25, 0.3) is 0 Å². The molecule has 2 rings (SSSR count). The normalized spacial score (nSPS) is 14.7. The van der Waals surface area contributed by atoms with E-state index in [0.29, 0.717) is 18.3 Å². The molecule has 0 amide bonds. The molecule has 23 heavy (non-hydrogen) atoms. The van der Waals surface area contributed by atoms with Crippen molar-refractivity contribution in [3.63, 3.8) is 0 Å². The van der Waals surface area contributed by atoms with E-state index in [-0.39, 0.29) is 0 Å². The number of fused-ring (bicyclic) bond motifs is 1. The number of nitrogens with one attached hydrogen (secondary N) is 1. The molecular weight excluding hydrogens is 313 g/mol.